The minimum Gasteiger partial charge on any atom is -0.351 e. The molecular formula is C27H24Cl2N6OS. The highest BCUT2D eigenvalue weighted by Crippen LogP contribution is 2.43. The number of nitrogens with one attached hydrogen (secondary N) is 2. The van der Waals surface area contributed by atoms with Gasteiger partial charge in [-0.3, -0.25) is 9.78 Å². The Labute approximate surface area is 230 Å². The van der Waals surface area contributed by atoms with Crippen molar-refractivity contribution in [3.8, 4) is 5.82 Å². The van der Waals surface area contributed by atoms with Crippen molar-refractivity contribution in [1.29, 1.82) is 0 Å². The molecule has 0 spiro atoms. The second kappa shape index (κ2) is 10.5. The van der Waals surface area contributed by atoms with Crippen LogP contribution in [0, 0.1) is 5.92 Å². The van der Waals surface area contributed by atoms with Gasteiger partial charge in [0.15, 0.2) is 5.11 Å². The zero-order chi connectivity index (χ0) is 26.1. The van der Waals surface area contributed by atoms with E-state index in [-0.39, 0.29) is 23.9 Å². The number of carbonyl (C=O) groups excluding carboxylic acids is 1. The summed E-state index contributed by atoms with van der Waals surface area (Å²) in [6.07, 6.45) is 5.34. The Balaban J connectivity index is 1.59. The Bertz CT molecular complexity index is 1440. The topological polar surface area (TPSA) is 75.1 Å². The van der Waals surface area contributed by atoms with Crippen LogP contribution in [0.15, 0.2) is 79.3 Å². The normalized spacial score (nSPS) is 17.2. The van der Waals surface area contributed by atoms with Crippen molar-refractivity contribution < 1.29 is 4.79 Å². The molecule has 5 rings (SSSR count). The largest absolute Gasteiger partial charge is 0.351 e. The molecule has 1 saturated heterocycles. The Hall–Kier alpha value is -3.46. The van der Waals surface area contributed by atoms with Crippen LogP contribution in [0.4, 0.5) is 11.4 Å². The molecule has 7 nitrogen and oxygen atoms in total. The molecule has 1 amide bonds. The van der Waals surface area contributed by atoms with Crippen molar-refractivity contribution in [2.24, 2.45) is 5.92 Å². The van der Waals surface area contributed by atoms with E-state index in [0.29, 0.717) is 20.8 Å². The van der Waals surface area contributed by atoms with Crippen molar-refractivity contribution in [2.75, 3.05) is 10.2 Å². The molecule has 4 heterocycles. The van der Waals surface area contributed by atoms with E-state index in [1.165, 1.54) is 0 Å². The van der Waals surface area contributed by atoms with Gasteiger partial charge in [-0.2, -0.15) is 0 Å². The van der Waals surface area contributed by atoms with Gasteiger partial charge >= 0.3 is 0 Å². The summed E-state index contributed by atoms with van der Waals surface area (Å²) in [5, 5.41) is 7.85. The summed E-state index contributed by atoms with van der Waals surface area (Å²) >= 11 is 18.6. The van der Waals surface area contributed by atoms with E-state index in [0.717, 1.165) is 22.9 Å². The lowest BCUT2D eigenvalue weighted by Crippen LogP contribution is -2.30. The molecule has 3 aromatic heterocycles. The minimum absolute atomic E-state index is 0.102. The minimum atomic E-state index is -0.276. The van der Waals surface area contributed by atoms with Crippen LogP contribution >= 0.6 is 35.4 Å². The average molecular weight is 552 g/mol. The third-order valence-electron chi connectivity index (χ3n) is 6.15. The first-order valence-corrected chi connectivity index (χ1v) is 12.9. The maximum absolute atomic E-state index is 12.2. The second-order valence-electron chi connectivity index (χ2n) is 8.94. The van der Waals surface area contributed by atoms with Crippen LogP contribution in [-0.2, 0) is 4.79 Å². The van der Waals surface area contributed by atoms with Gasteiger partial charge < -0.3 is 20.1 Å². The average Bonchev–Trinajstić information content (AvgIpc) is 3.50. The number of amides is 1. The summed E-state index contributed by atoms with van der Waals surface area (Å²) in [5.41, 5.74) is 3.13. The summed E-state index contributed by atoms with van der Waals surface area (Å²) in [5.74, 6) is 0.463. The molecule has 0 radical (unpaired) electrons. The molecule has 1 fully saturated rings. The number of hydrogen-bond donors (Lipinski definition) is 2. The van der Waals surface area contributed by atoms with E-state index in [1.54, 1.807) is 18.5 Å². The number of thiocarbonyl (C=S) groups is 1. The Morgan fingerprint density at radius 1 is 1.08 bits per heavy atom. The Morgan fingerprint density at radius 3 is 2.59 bits per heavy atom. The van der Waals surface area contributed by atoms with Gasteiger partial charge in [0, 0.05) is 35.9 Å². The van der Waals surface area contributed by atoms with Gasteiger partial charge in [-0.15, -0.1) is 0 Å². The molecule has 0 bridgehead atoms. The van der Waals surface area contributed by atoms with E-state index >= 15 is 0 Å². The fourth-order valence-corrected chi connectivity index (χ4v) is 5.00. The monoisotopic (exact) mass is 550 g/mol. The first-order valence-electron chi connectivity index (χ1n) is 11.7. The van der Waals surface area contributed by atoms with Gasteiger partial charge in [0.1, 0.15) is 11.9 Å². The highest BCUT2D eigenvalue weighted by molar-refractivity contribution is 7.80. The number of anilines is 2. The predicted octanol–water partition coefficient (Wildman–Crippen LogP) is 6.35. The number of benzene rings is 1. The van der Waals surface area contributed by atoms with Gasteiger partial charge in [-0.05, 0) is 66.8 Å². The number of aromatic nitrogens is 3. The number of rotatable bonds is 6. The molecule has 0 saturated carbocycles. The number of pyridine rings is 2. The Morgan fingerprint density at radius 2 is 1.92 bits per heavy atom. The van der Waals surface area contributed by atoms with Crippen LogP contribution < -0.4 is 15.5 Å². The summed E-state index contributed by atoms with van der Waals surface area (Å²) in [6, 6.07) is 18.5. The molecule has 0 unspecified atom stereocenters. The predicted molar refractivity (Wildman–Crippen MR) is 151 cm³/mol. The lowest BCUT2D eigenvalue weighted by Gasteiger charge is -2.29. The van der Waals surface area contributed by atoms with E-state index in [4.69, 9.17) is 35.4 Å². The van der Waals surface area contributed by atoms with E-state index in [2.05, 4.69) is 20.6 Å². The standard InChI is InChI=1S/C27H24Cl2N6OS/c1-16(2)26(36)32-20-10-9-18(14-19(20)29)35-25(24(33-27(35)37)21-6-3-4-12-30-21)22-7-5-13-34(22)23-11-8-17(28)15-31-23/h3-16,24-25H,1-2H3,(H,32,36)(H,33,37)/t24-,25-/m0/s1. The van der Waals surface area contributed by atoms with Gasteiger partial charge in [0.2, 0.25) is 5.91 Å². The summed E-state index contributed by atoms with van der Waals surface area (Å²) in [4.78, 5) is 23.4. The van der Waals surface area contributed by atoms with Gasteiger partial charge in [0.25, 0.3) is 0 Å². The number of halogens is 2. The summed E-state index contributed by atoms with van der Waals surface area (Å²) in [7, 11) is 0. The first-order chi connectivity index (χ1) is 17.8. The van der Waals surface area contributed by atoms with Crippen LogP contribution in [0.1, 0.15) is 37.3 Å². The Kier molecular flexibility index (Phi) is 7.15. The molecule has 2 atom stereocenters. The third-order valence-corrected chi connectivity index (χ3v) is 7.00. The SMILES string of the molecule is CC(C)C(=O)Nc1ccc(N2C(=S)N[C@@H](c3ccccn3)[C@@H]2c2cccn2-c2ccc(Cl)cn2)cc1Cl. The fourth-order valence-electron chi connectivity index (χ4n) is 4.32. The highest BCUT2D eigenvalue weighted by Gasteiger charge is 2.42. The van der Waals surface area contributed by atoms with Crippen LogP contribution in [0.25, 0.3) is 5.82 Å². The van der Waals surface area contributed by atoms with Crippen molar-refractivity contribution in [2.45, 2.75) is 25.9 Å². The molecule has 2 N–H and O–H groups in total. The fraction of sp³-hybridized carbons (Fsp3) is 0.185. The maximum Gasteiger partial charge on any atom is 0.226 e. The van der Waals surface area contributed by atoms with E-state index in [1.807, 2.05) is 84.1 Å². The van der Waals surface area contributed by atoms with Gasteiger partial charge in [-0.25, -0.2) is 4.98 Å². The summed E-state index contributed by atoms with van der Waals surface area (Å²) < 4.78 is 2.01. The molecular weight excluding hydrogens is 527 g/mol. The van der Waals surface area contributed by atoms with E-state index in [9.17, 15) is 4.79 Å². The van der Waals surface area contributed by atoms with Crippen molar-refractivity contribution in [1.82, 2.24) is 19.9 Å². The molecule has 1 aliphatic heterocycles. The zero-order valence-electron chi connectivity index (χ0n) is 20.1. The van der Waals surface area contributed by atoms with E-state index < -0.39 is 0 Å². The lowest BCUT2D eigenvalue weighted by atomic mass is 10.0. The lowest BCUT2D eigenvalue weighted by molar-refractivity contribution is -0.118. The zero-order valence-corrected chi connectivity index (χ0v) is 22.4. The van der Waals surface area contributed by atoms with Crippen LogP contribution in [0.2, 0.25) is 10.0 Å². The third kappa shape index (κ3) is 5.05. The molecule has 1 aliphatic rings. The maximum atomic E-state index is 12.2. The molecule has 0 aliphatic carbocycles. The van der Waals surface area contributed by atoms with Gasteiger partial charge in [0.05, 0.1) is 27.5 Å². The number of nitrogens with zero attached hydrogens (tertiary/aromatic N) is 4. The molecule has 188 valence electrons. The first kappa shape index (κ1) is 25.2. The van der Waals surface area contributed by atoms with Crippen molar-refractivity contribution >= 4 is 57.8 Å². The number of hydrogen-bond acceptors (Lipinski definition) is 4. The van der Waals surface area contributed by atoms with Crippen molar-refractivity contribution in [3.05, 3.63) is 101 Å². The van der Waals surface area contributed by atoms with Crippen LogP contribution in [-0.4, -0.2) is 25.6 Å². The smallest absolute Gasteiger partial charge is 0.226 e. The van der Waals surface area contributed by atoms with Crippen LogP contribution in [0.5, 0.6) is 0 Å². The van der Waals surface area contributed by atoms with Gasteiger partial charge in [-0.1, -0.05) is 43.1 Å². The molecule has 10 heteroatoms. The quantitative estimate of drug-likeness (QED) is 0.272. The number of carbonyl (C=O) groups is 1. The molecule has 4 aromatic rings. The highest BCUT2D eigenvalue weighted by atomic mass is 35.5. The summed E-state index contributed by atoms with van der Waals surface area (Å²) in [6.45, 7) is 3.66. The van der Waals surface area contributed by atoms with Crippen molar-refractivity contribution in [3.63, 3.8) is 0 Å². The molecule has 1 aromatic carbocycles. The van der Waals surface area contributed by atoms with Crippen LogP contribution in [0.3, 0.4) is 0 Å². The second-order valence-corrected chi connectivity index (χ2v) is 10.2. The molecule has 37 heavy (non-hydrogen) atoms.